The first-order valence-corrected chi connectivity index (χ1v) is 7.05. The molecular weight excluding hydrogens is 206 g/mol. The average molecular weight is 229 g/mol. The van der Waals surface area contributed by atoms with Crippen molar-refractivity contribution in [2.45, 2.75) is 38.5 Å². The highest BCUT2D eigenvalue weighted by Gasteiger charge is 2.52. The lowest BCUT2D eigenvalue weighted by Crippen LogP contribution is -2.29. The summed E-state index contributed by atoms with van der Waals surface area (Å²) in [7, 11) is 0. The van der Waals surface area contributed by atoms with Crippen LogP contribution in [0.3, 0.4) is 0 Å². The van der Waals surface area contributed by atoms with Gasteiger partial charge in [-0.3, -0.25) is 0 Å². The van der Waals surface area contributed by atoms with E-state index in [9.17, 15) is 0 Å². The lowest BCUT2D eigenvalue weighted by molar-refractivity contribution is 0.246. The molecule has 0 aliphatic heterocycles. The third kappa shape index (κ3) is 2.40. The van der Waals surface area contributed by atoms with Crippen molar-refractivity contribution in [3.8, 4) is 0 Å². The first kappa shape index (κ1) is 11.3. The van der Waals surface area contributed by atoms with Gasteiger partial charge in [-0.15, -0.1) is 0 Å². The Morgan fingerprint density at radius 3 is 2.47 bits per heavy atom. The zero-order valence-electron chi connectivity index (χ0n) is 10.6. The number of benzene rings is 1. The summed E-state index contributed by atoms with van der Waals surface area (Å²) >= 11 is 0. The van der Waals surface area contributed by atoms with Gasteiger partial charge >= 0.3 is 0 Å². The summed E-state index contributed by atoms with van der Waals surface area (Å²) in [6.07, 6.45) is 8.20. The van der Waals surface area contributed by atoms with Crippen LogP contribution in [0.15, 0.2) is 30.3 Å². The Balaban J connectivity index is 1.50. The molecule has 0 radical (unpaired) electrons. The highest BCUT2D eigenvalue weighted by molar-refractivity contribution is 5.14. The van der Waals surface area contributed by atoms with Crippen LogP contribution in [0.5, 0.6) is 0 Å². The molecule has 0 amide bonds. The van der Waals surface area contributed by atoms with Crippen LogP contribution < -0.4 is 5.73 Å². The van der Waals surface area contributed by atoms with E-state index in [0.717, 1.165) is 18.4 Å². The van der Waals surface area contributed by atoms with Crippen molar-refractivity contribution in [3.63, 3.8) is 0 Å². The van der Waals surface area contributed by atoms with Crippen molar-refractivity contribution in [2.24, 2.45) is 23.0 Å². The van der Waals surface area contributed by atoms with E-state index in [-0.39, 0.29) is 0 Å². The molecule has 1 aromatic carbocycles. The van der Waals surface area contributed by atoms with Crippen molar-refractivity contribution < 1.29 is 0 Å². The monoisotopic (exact) mass is 229 g/mol. The summed E-state index contributed by atoms with van der Waals surface area (Å²) in [4.78, 5) is 0. The minimum absolute atomic E-state index is 0.516. The second-order valence-electron chi connectivity index (χ2n) is 6.21. The average Bonchev–Trinajstić information content (AvgIpc) is 2.99. The van der Waals surface area contributed by atoms with Crippen molar-refractivity contribution in [1.82, 2.24) is 0 Å². The van der Waals surface area contributed by atoms with E-state index < -0.39 is 0 Å². The van der Waals surface area contributed by atoms with Gasteiger partial charge in [-0.25, -0.2) is 0 Å². The van der Waals surface area contributed by atoms with E-state index >= 15 is 0 Å². The molecule has 2 aliphatic carbocycles. The molecule has 1 nitrogen and oxygen atoms in total. The Morgan fingerprint density at radius 2 is 1.82 bits per heavy atom. The molecule has 3 rings (SSSR count). The molecule has 0 bridgehead atoms. The van der Waals surface area contributed by atoms with E-state index in [1.54, 1.807) is 0 Å². The van der Waals surface area contributed by atoms with E-state index in [2.05, 4.69) is 30.3 Å². The van der Waals surface area contributed by atoms with Gasteiger partial charge in [-0.1, -0.05) is 30.3 Å². The number of rotatable bonds is 5. The Morgan fingerprint density at radius 1 is 1.12 bits per heavy atom. The van der Waals surface area contributed by atoms with Gasteiger partial charge in [0.15, 0.2) is 0 Å². The highest BCUT2D eigenvalue weighted by atomic mass is 14.7. The molecule has 17 heavy (non-hydrogen) atoms. The number of hydrogen-bond donors (Lipinski definition) is 1. The van der Waals surface area contributed by atoms with Crippen LogP contribution in [0.2, 0.25) is 0 Å². The maximum absolute atomic E-state index is 6.03. The predicted octanol–water partition coefficient (Wildman–Crippen LogP) is 3.38. The molecule has 2 saturated carbocycles. The minimum atomic E-state index is 0.516. The van der Waals surface area contributed by atoms with Crippen molar-refractivity contribution >= 4 is 0 Å². The molecule has 0 saturated heterocycles. The molecule has 92 valence electrons. The molecule has 1 heteroatoms. The summed E-state index contributed by atoms with van der Waals surface area (Å²) in [6.45, 7) is 0.911. The molecule has 0 aromatic heterocycles. The van der Waals surface area contributed by atoms with Crippen molar-refractivity contribution in [2.75, 3.05) is 6.54 Å². The molecule has 1 aromatic rings. The standard InChI is InChI=1S/C16H23N/c17-12-16(10-14-9-15(14)11-16)8-4-7-13-5-2-1-3-6-13/h1-3,5-6,14-15H,4,7-12,17H2. The summed E-state index contributed by atoms with van der Waals surface area (Å²) in [5.41, 5.74) is 8.02. The second kappa shape index (κ2) is 4.45. The third-order valence-corrected chi connectivity index (χ3v) is 4.91. The van der Waals surface area contributed by atoms with Crippen LogP contribution in [-0.2, 0) is 6.42 Å². The Kier molecular flexibility index (Phi) is 2.96. The van der Waals surface area contributed by atoms with E-state index in [1.807, 2.05) is 0 Å². The first-order valence-electron chi connectivity index (χ1n) is 7.05. The lowest BCUT2D eigenvalue weighted by atomic mass is 9.78. The van der Waals surface area contributed by atoms with Gasteiger partial charge in [-0.2, -0.15) is 0 Å². The van der Waals surface area contributed by atoms with Crippen LogP contribution >= 0.6 is 0 Å². The SMILES string of the molecule is NCC1(CCCc2ccccc2)CC2CC2C1. The van der Waals surface area contributed by atoms with Crippen LogP contribution in [0.1, 0.15) is 37.7 Å². The molecule has 0 heterocycles. The van der Waals surface area contributed by atoms with Gasteiger partial charge in [0, 0.05) is 0 Å². The lowest BCUT2D eigenvalue weighted by Gasteiger charge is -2.29. The number of hydrogen-bond acceptors (Lipinski definition) is 1. The zero-order valence-corrected chi connectivity index (χ0v) is 10.6. The number of fused-ring (bicyclic) bond motifs is 1. The zero-order chi connectivity index (χ0) is 11.7. The normalized spacial score (nSPS) is 34.6. The third-order valence-electron chi connectivity index (χ3n) is 4.91. The molecule has 0 spiro atoms. The largest absolute Gasteiger partial charge is 0.330 e. The summed E-state index contributed by atoms with van der Waals surface area (Å²) in [5.74, 6) is 2.10. The maximum atomic E-state index is 6.03. The molecule has 2 N–H and O–H groups in total. The fraction of sp³-hybridized carbons (Fsp3) is 0.625. The quantitative estimate of drug-likeness (QED) is 0.823. The second-order valence-corrected chi connectivity index (χ2v) is 6.21. The van der Waals surface area contributed by atoms with E-state index in [1.165, 1.54) is 44.1 Å². The Labute approximate surface area is 104 Å². The van der Waals surface area contributed by atoms with E-state index in [0.29, 0.717) is 5.41 Å². The molecule has 2 aliphatic rings. The first-order chi connectivity index (χ1) is 8.31. The fourth-order valence-corrected chi connectivity index (χ4v) is 3.79. The molecular formula is C16H23N. The summed E-state index contributed by atoms with van der Waals surface area (Å²) < 4.78 is 0. The van der Waals surface area contributed by atoms with Crippen LogP contribution in [0, 0.1) is 17.3 Å². The smallest absolute Gasteiger partial charge is 0.00203 e. The fourth-order valence-electron chi connectivity index (χ4n) is 3.79. The van der Waals surface area contributed by atoms with Gasteiger partial charge in [0.25, 0.3) is 0 Å². The number of aryl methyl sites for hydroxylation is 1. The van der Waals surface area contributed by atoms with Crippen LogP contribution in [-0.4, -0.2) is 6.54 Å². The summed E-state index contributed by atoms with van der Waals surface area (Å²) in [6, 6.07) is 10.8. The van der Waals surface area contributed by atoms with Gasteiger partial charge in [0.1, 0.15) is 0 Å². The molecule has 2 unspecified atom stereocenters. The van der Waals surface area contributed by atoms with Crippen LogP contribution in [0.4, 0.5) is 0 Å². The van der Waals surface area contributed by atoms with E-state index in [4.69, 9.17) is 5.73 Å². The Bertz CT molecular complexity index is 360. The van der Waals surface area contributed by atoms with Gasteiger partial charge in [0.05, 0.1) is 0 Å². The Hall–Kier alpha value is -0.820. The summed E-state index contributed by atoms with van der Waals surface area (Å²) in [5, 5.41) is 0. The predicted molar refractivity (Wildman–Crippen MR) is 71.7 cm³/mol. The van der Waals surface area contributed by atoms with Crippen molar-refractivity contribution in [1.29, 1.82) is 0 Å². The molecule has 2 atom stereocenters. The molecule has 2 fully saturated rings. The van der Waals surface area contributed by atoms with Crippen LogP contribution in [0.25, 0.3) is 0 Å². The maximum Gasteiger partial charge on any atom is -0.00203 e. The van der Waals surface area contributed by atoms with Crippen molar-refractivity contribution in [3.05, 3.63) is 35.9 Å². The minimum Gasteiger partial charge on any atom is -0.330 e. The van der Waals surface area contributed by atoms with Gasteiger partial charge in [0.2, 0.25) is 0 Å². The highest BCUT2D eigenvalue weighted by Crippen LogP contribution is 2.61. The van der Waals surface area contributed by atoms with Gasteiger partial charge < -0.3 is 5.73 Å². The van der Waals surface area contributed by atoms with Gasteiger partial charge in [-0.05, 0) is 67.9 Å². The number of nitrogens with two attached hydrogens (primary N) is 1. The topological polar surface area (TPSA) is 26.0 Å².